The summed E-state index contributed by atoms with van der Waals surface area (Å²) in [5.74, 6) is 0.736. The van der Waals surface area contributed by atoms with Gasteiger partial charge in [0.15, 0.2) is 0 Å². The minimum atomic E-state index is 0.0643. The van der Waals surface area contributed by atoms with Gasteiger partial charge in [0.25, 0.3) is 0 Å². The van der Waals surface area contributed by atoms with Crippen LogP contribution in [0, 0.1) is 17.2 Å². The van der Waals surface area contributed by atoms with Crippen molar-refractivity contribution in [2.24, 2.45) is 5.92 Å². The number of nitrogens with zero attached hydrogens (tertiary/aromatic N) is 1. The van der Waals surface area contributed by atoms with E-state index in [0.29, 0.717) is 10.8 Å². The third-order valence-electron chi connectivity index (χ3n) is 2.37. The van der Waals surface area contributed by atoms with Crippen LogP contribution >= 0.6 is 11.6 Å². The van der Waals surface area contributed by atoms with Crippen molar-refractivity contribution in [3.05, 3.63) is 28.8 Å². The Bertz CT molecular complexity index is 370. The Balaban J connectivity index is 2.80. The Hall–Kier alpha value is -1.20. The molecule has 0 aliphatic heterocycles. The summed E-state index contributed by atoms with van der Waals surface area (Å²) in [5, 5.41) is 9.45. The second-order valence-electron chi connectivity index (χ2n) is 3.41. The summed E-state index contributed by atoms with van der Waals surface area (Å²) < 4.78 is 5.06. The summed E-state index contributed by atoms with van der Waals surface area (Å²) in [6, 6.07) is 7.92. The number of ether oxygens (including phenoxy) is 1. The third-order valence-corrected chi connectivity index (χ3v) is 2.67. The monoisotopic (exact) mass is 223 g/mol. The molecule has 0 saturated heterocycles. The van der Waals surface area contributed by atoms with Gasteiger partial charge in [-0.25, -0.2) is 0 Å². The number of benzene rings is 1. The summed E-state index contributed by atoms with van der Waals surface area (Å²) in [5.41, 5.74) is 1.08. The van der Waals surface area contributed by atoms with Crippen LogP contribution in [0.25, 0.3) is 0 Å². The quantitative estimate of drug-likeness (QED) is 0.784. The summed E-state index contributed by atoms with van der Waals surface area (Å²) in [7, 11) is 1.59. The lowest BCUT2D eigenvalue weighted by Crippen LogP contribution is -2.00. The molecule has 0 fully saturated rings. The molecule has 0 heterocycles. The smallest absolute Gasteiger partial charge is 0.137 e. The van der Waals surface area contributed by atoms with Crippen LogP contribution in [0.2, 0.25) is 5.02 Å². The highest BCUT2D eigenvalue weighted by Gasteiger charge is 2.07. The molecule has 2 nitrogen and oxygen atoms in total. The van der Waals surface area contributed by atoms with Gasteiger partial charge in [0.1, 0.15) is 5.75 Å². The molecule has 1 atom stereocenters. The van der Waals surface area contributed by atoms with Crippen molar-refractivity contribution in [2.75, 3.05) is 7.11 Å². The van der Waals surface area contributed by atoms with Gasteiger partial charge in [-0.2, -0.15) is 5.26 Å². The van der Waals surface area contributed by atoms with Crippen molar-refractivity contribution in [3.8, 4) is 11.8 Å². The van der Waals surface area contributed by atoms with E-state index in [9.17, 15) is 0 Å². The van der Waals surface area contributed by atoms with Crippen LogP contribution < -0.4 is 4.74 Å². The van der Waals surface area contributed by atoms with Gasteiger partial charge >= 0.3 is 0 Å². The fraction of sp³-hybridized carbons (Fsp3) is 0.417. The third kappa shape index (κ3) is 3.14. The van der Waals surface area contributed by atoms with Gasteiger partial charge in [-0.1, -0.05) is 24.6 Å². The van der Waals surface area contributed by atoms with E-state index in [1.54, 1.807) is 7.11 Å². The highest BCUT2D eigenvalue weighted by molar-refractivity contribution is 6.32. The molecule has 1 unspecified atom stereocenters. The van der Waals surface area contributed by atoms with E-state index in [-0.39, 0.29) is 5.92 Å². The second-order valence-corrected chi connectivity index (χ2v) is 3.81. The predicted molar refractivity (Wildman–Crippen MR) is 61.1 cm³/mol. The minimum Gasteiger partial charge on any atom is -0.495 e. The molecule has 0 aromatic heterocycles. The molecule has 1 aromatic carbocycles. The summed E-state index contributed by atoms with van der Waals surface area (Å²) in [6.07, 6.45) is 1.61. The van der Waals surface area contributed by atoms with Crippen molar-refractivity contribution in [1.82, 2.24) is 0 Å². The highest BCUT2D eigenvalue weighted by Crippen LogP contribution is 2.26. The summed E-state index contributed by atoms with van der Waals surface area (Å²) in [6.45, 7) is 2.01. The average Bonchev–Trinajstić information content (AvgIpc) is 2.26. The van der Waals surface area contributed by atoms with E-state index in [4.69, 9.17) is 21.6 Å². The first-order valence-electron chi connectivity index (χ1n) is 4.93. The van der Waals surface area contributed by atoms with E-state index >= 15 is 0 Å². The Morgan fingerprint density at radius 2 is 2.27 bits per heavy atom. The molecule has 0 bridgehead atoms. The molecule has 0 spiro atoms. The van der Waals surface area contributed by atoms with Gasteiger partial charge in [0, 0.05) is 0 Å². The maximum absolute atomic E-state index is 8.85. The van der Waals surface area contributed by atoms with Gasteiger partial charge in [-0.05, 0) is 30.5 Å². The van der Waals surface area contributed by atoms with Gasteiger partial charge in [0.2, 0.25) is 0 Å². The lowest BCUT2D eigenvalue weighted by Gasteiger charge is -2.08. The van der Waals surface area contributed by atoms with E-state index < -0.39 is 0 Å². The molecule has 15 heavy (non-hydrogen) atoms. The van der Waals surface area contributed by atoms with Crippen molar-refractivity contribution in [3.63, 3.8) is 0 Å². The highest BCUT2D eigenvalue weighted by atomic mass is 35.5. The number of nitriles is 1. The Labute approximate surface area is 95.4 Å². The van der Waals surface area contributed by atoms with Crippen LogP contribution in [0.1, 0.15) is 18.9 Å². The molecule has 1 aromatic rings. The molecule has 0 N–H and O–H groups in total. The van der Waals surface area contributed by atoms with Crippen LogP contribution in [0.4, 0.5) is 0 Å². The zero-order valence-electron chi connectivity index (χ0n) is 8.96. The van der Waals surface area contributed by atoms with Gasteiger partial charge in [-0.3, -0.25) is 0 Å². The standard InChI is InChI=1S/C12H14ClNO/c1-3-9(8-14)6-10-4-5-12(15-2)11(13)7-10/h4-5,7,9H,3,6H2,1-2H3. The van der Waals surface area contributed by atoms with E-state index in [1.165, 1.54) is 0 Å². The average molecular weight is 224 g/mol. The molecule has 0 aliphatic rings. The van der Waals surface area contributed by atoms with Gasteiger partial charge < -0.3 is 4.74 Å². The fourth-order valence-electron chi connectivity index (χ4n) is 1.40. The molecular formula is C12H14ClNO. The maximum atomic E-state index is 8.85. The first-order valence-corrected chi connectivity index (χ1v) is 5.31. The van der Waals surface area contributed by atoms with Crippen LogP contribution in [0.15, 0.2) is 18.2 Å². The lowest BCUT2D eigenvalue weighted by atomic mass is 9.98. The maximum Gasteiger partial charge on any atom is 0.137 e. The summed E-state index contributed by atoms with van der Waals surface area (Å²) >= 11 is 5.99. The lowest BCUT2D eigenvalue weighted by molar-refractivity contribution is 0.415. The number of methoxy groups -OCH3 is 1. The SMILES string of the molecule is CCC(C#N)Cc1ccc(OC)c(Cl)c1. The number of hydrogen-bond donors (Lipinski definition) is 0. The molecule has 0 amide bonds. The first-order chi connectivity index (χ1) is 7.21. The van der Waals surface area contributed by atoms with Crippen LogP contribution in [-0.2, 0) is 6.42 Å². The van der Waals surface area contributed by atoms with Crippen molar-refractivity contribution in [2.45, 2.75) is 19.8 Å². The number of halogens is 1. The van der Waals surface area contributed by atoms with Gasteiger partial charge in [-0.15, -0.1) is 0 Å². The van der Waals surface area contributed by atoms with Gasteiger partial charge in [0.05, 0.1) is 24.1 Å². The molecule has 0 aliphatic carbocycles. The molecule has 0 radical (unpaired) electrons. The zero-order valence-corrected chi connectivity index (χ0v) is 9.71. The largest absolute Gasteiger partial charge is 0.495 e. The Morgan fingerprint density at radius 1 is 1.53 bits per heavy atom. The van der Waals surface area contributed by atoms with E-state index in [2.05, 4.69) is 6.07 Å². The minimum absolute atomic E-state index is 0.0643. The topological polar surface area (TPSA) is 33.0 Å². The molecular weight excluding hydrogens is 210 g/mol. The molecule has 1 rings (SSSR count). The van der Waals surface area contributed by atoms with Crippen molar-refractivity contribution >= 4 is 11.6 Å². The first kappa shape index (κ1) is 11.9. The number of rotatable bonds is 4. The van der Waals surface area contributed by atoms with Crippen molar-refractivity contribution < 1.29 is 4.74 Å². The van der Waals surface area contributed by atoms with E-state index in [0.717, 1.165) is 18.4 Å². The van der Waals surface area contributed by atoms with Crippen LogP contribution in [-0.4, -0.2) is 7.11 Å². The second kappa shape index (κ2) is 5.63. The number of hydrogen-bond acceptors (Lipinski definition) is 2. The van der Waals surface area contributed by atoms with E-state index in [1.807, 2.05) is 25.1 Å². The predicted octanol–water partition coefficient (Wildman–Crippen LogP) is 3.44. The Morgan fingerprint density at radius 3 is 2.73 bits per heavy atom. The zero-order chi connectivity index (χ0) is 11.3. The van der Waals surface area contributed by atoms with Crippen LogP contribution in [0.3, 0.4) is 0 Å². The van der Waals surface area contributed by atoms with Crippen LogP contribution in [0.5, 0.6) is 5.75 Å². The molecule has 80 valence electrons. The summed E-state index contributed by atoms with van der Waals surface area (Å²) in [4.78, 5) is 0. The normalized spacial score (nSPS) is 11.9. The Kier molecular flexibility index (Phi) is 4.45. The fourth-order valence-corrected chi connectivity index (χ4v) is 1.68. The molecule has 3 heteroatoms. The van der Waals surface area contributed by atoms with Crippen molar-refractivity contribution in [1.29, 1.82) is 5.26 Å². The molecule has 0 saturated carbocycles.